The average Bonchev–Trinajstić information content (AvgIpc) is 2.31. The first-order chi connectivity index (χ1) is 8.42. The lowest BCUT2D eigenvalue weighted by atomic mass is 9.90. The smallest absolute Gasteiger partial charge is 0.308 e. The summed E-state index contributed by atoms with van der Waals surface area (Å²) in [6.45, 7) is 5.67. The molecule has 0 aliphatic rings. The lowest BCUT2D eigenvalue weighted by molar-refractivity contribution is -0.142. The van der Waals surface area contributed by atoms with Gasteiger partial charge >= 0.3 is 5.97 Å². The van der Waals surface area contributed by atoms with Crippen LogP contribution in [0.25, 0.3) is 0 Å². The van der Waals surface area contributed by atoms with Gasteiger partial charge in [0.1, 0.15) is 5.75 Å². The Bertz CT molecular complexity index is 443. The van der Waals surface area contributed by atoms with Crippen LogP contribution in [-0.2, 0) is 4.79 Å². The Morgan fingerprint density at radius 3 is 2.44 bits per heavy atom. The van der Waals surface area contributed by atoms with Crippen LogP contribution in [0.4, 0.5) is 0 Å². The van der Waals surface area contributed by atoms with Crippen molar-refractivity contribution in [1.82, 2.24) is 5.32 Å². The van der Waals surface area contributed by atoms with E-state index in [9.17, 15) is 9.90 Å². The van der Waals surface area contributed by atoms with E-state index in [-0.39, 0.29) is 6.04 Å². The Balaban J connectivity index is 3.32. The van der Waals surface area contributed by atoms with E-state index in [0.717, 1.165) is 22.4 Å². The molecule has 1 rings (SSSR count). The second kappa shape index (κ2) is 5.87. The van der Waals surface area contributed by atoms with Crippen molar-refractivity contribution in [2.24, 2.45) is 5.92 Å². The van der Waals surface area contributed by atoms with Gasteiger partial charge in [-0.1, -0.05) is 13.0 Å². The SMILES string of the molecule is CNC(c1c(C)cc(C)cc1OC)C(C)C(=O)O. The first-order valence-corrected chi connectivity index (χ1v) is 5.97. The number of rotatable bonds is 5. The molecule has 0 saturated carbocycles. The lowest BCUT2D eigenvalue weighted by Crippen LogP contribution is -2.29. The summed E-state index contributed by atoms with van der Waals surface area (Å²) in [5, 5.41) is 12.2. The fraction of sp³-hybridized carbons (Fsp3) is 0.500. The highest BCUT2D eigenvalue weighted by atomic mass is 16.5. The number of benzene rings is 1. The van der Waals surface area contributed by atoms with E-state index in [0.29, 0.717) is 0 Å². The van der Waals surface area contributed by atoms with Crippen LogP contribution in [0, 0.1) is 19.8 Å². The van der Waals surface area contributed by atoms with Crippen LogP contribution in [0.2, 0.25) is 0 Å². The highest BCUT2D eigenvalue weighted by Gasteiger charge is 2.27. The maximum Gasteiger partial charge on any atom is 0.308 e. The molecule has 0 saturated heterocycles. The summed E-state index contributed by atoms with van der Waals surface area (Å²) in [6, 6.07) is 3.70. The van der Waals surface area contributed by atoms with Crippen LogP contribution >= 0.6 is 0 Å². The molecule has 18 heavy (non-hydrogen) atoms. The fourth-order valence-corrected chi connectivity index (χ4v) is 2.29. The van der Waals surface area contributed by atoms with Gasteiger partial charge in [0.25, 0.3) is 0 Å². The van der Waals surface area contributed by atoms with Crippen molar-refractivity contribution >= 4 is 5.97 Å². The molecule has 0 spiro atoms. The summed E-state index contributed by atoms with van der Waals surface area (Å²) in [6.07, 6.45) is 0. The fourth-order valence-electron chi connectivity index (χ4n) is 2.29. The number of hydrogen-bond acceptors (Lipinski definition) is 3. The van der Waals surface area contributed by atoms with Gasteiger partial charge in [-0.15, -0.1) is 0 Å². The average molecular weight is 251 g/mol. The molecule has 1 aromatic rings. The van der Waals surface area contributed by atoms with Gasteiger partial charge < -0.3 is 15.2 Å². The molecule has 0 amide bonds. The molecule has 0 bridgehead atoms. The summed E-state index contributed by atoms with van der Waals surface area (Å²) in [4.78, 5) is 11.2. The Morgan fingerprint density at radius 2 is 2.00 bits per heavy atom. The third kappa shape index (κ3) is 2.82. The Hall–Kier alpha value is -1.55. The molecule has 100 valence electrons. The molecule has 4 heteroatoms. The molecule has 2 atom stereocenters. The molecular weight excluding hydrogens is 230 g/mol. The van der Waals surface area contributed by atoms with E-state index < -0.39 is 11.9 Å². The number of carboxylic acids is 1. The number of nitrogens with one attached hydrogen (secondary N) is 1. The van der Waals surface area contributed by atoms with Crippen LogP contribution in [0.15, 0.2) is 12.1 Å². The van der Waals surface area contributed by atoms with Gasteiger partial charge in [0.15, 0.2) is 0 Å². The molecule has 2 unspecified atom stereocenters. The number of ether oxygens (including phenoxy) is 1. The molecule has 0 aliphatic carbocycles. The monoisotopic (exact) mass is 251 g/mol. The third-order valence-electron chi connectivity index (χ3n) is 3.22. The van der Waals surface area contributed by atoms with Crippen molar-refractivity contribution < 1.29 is 14.6 Å². The summed E-state index contributed by atoms with van der Waals surface area (Å²) < 4.78 is 5.39. The summed E-state index contributed by atoms with van der Waals surface area (Å²) in [5.41, 5.74) is 3.06. The van der Waals surface area contributed by atoms with Crippen molar-refractivity contribution in [1.29, 1.82) is 0 Å². The van der Waals surface area contributed by atoms with E-state index in [2.05, 4.69) is 5.32 Å². The second-order valence-corrected chi connectivity index (χ2v) is 4.59. The van der Waals surface area contributed by atoms with Crippen LogP contribution in [0.3, 0.4) is 0 Å². The van der Waals surface area contributed by atoms with Crippen molar-refractivity contribution in [2.45, 2.75) is 26.8 Å². The molecule has 0 fully saturated rings. The minimum absolute atomic E-state index is 0.266. The predicted octanol–water partition coefficient (Wildman–Crippen LogP) is 2.29. The summed E-state index contributed by atoms with van der Waals surface area (Å²) in [5.74, 6) is -0.610. The van der Waals surface area contributed by atoms with Crippen molar-refractivity contribution in [3.8, 4) is 5.75 Å². The first kappa shape index (κ1) is 14.5. The van der Waals surface area contributed by atoms with Gasteiger partial charge in [-0.05, 0) is 38.1 Å². The minimum atomic E-state index is -0.823. The molecule has 0 heterocycles. The Morgan fingerprint density at radius 1 is 1.39 bits per heavy atom. The predicted molar refractivity (Wildman–Crippen MR) is 71.1 cm³/mol. The lowest BCUT2D eigenvalue weighted by Gasteiger charge is -2.25. The zero-order chi connectivity index (χ0) is 13.9. The zero-order valence-electron chi connectivity index (χ0n) is 11.6. The van der Waals surface area contributed by atoms with Crippen molar-refractivity contribution in [2.75, 3.05) is 14.2 Å². The van der Waals surface area contributed by atoms with Crippen LogP contribution in [-0.4, -0.2) is 25.2 Å². The van der Waals surface area contributed by atoms with Gasteiger partial charge in [0, 0.05) is 11.6 Å². The van der Waals surface area contributed by atoms with Gasteiger partial charge in [-0.3, -0.25) is 4.79 Å². The molecular formula is C14H21NO3. The highest BCUT2D eigenvalue weighted by Crippen LogP contribution is 2.33. The molecule has 1 aromatic carbocycles. The maximum atomic E-state index is 11.2. The van der Waals surface area contributed by atoms with Crippen molar-refractivity contribution in [3.63, 3.8) is 0 Å². The quantitative estimate of drug-likeness (QED) is 0.843. The summed E-state index contributed by atoms with van der Waals surface area (Å²) >= 11 is 0. The van der Waals surface area contributed by atoms with E-state index in [1.54, 1.807) is 21.1 Å². The maximum absolute atomic E-state index is 11.2. The van der Waals surface area contributed by atoms with Crippen LogP contribution in [0.5, 0.6) is 5.75 Å². The minimum Gasteiger partial charge on any atom is -0.496 e. The normalized spacial score (nSPS) is 14.1. The molecule has 4 nitrogen and oxygen atoms in total. The van der Waals surface area contributed by atoms with Gasteiger partial charge in [-0.2, -0.15) is 0 Å². The highest BCUT2D eigenvalue weighted by molar-refractivity contribution is 5.71. The van der Waals surface area contributed by atoms with E-state index >= 15 is 0 Å². The van der Waals surface area contributed by atoms with Gasteiger partial charge in [0.05, 0.1) is 13.0 Å². The van der Waals surface area contributed by atoms with Crippen molar-refractivity contribution in [3.05, 3.63) is 28.8 Å². The third-order valence-corrected chi connectivity index (χ3v) is 3.22. The summed E-state index contributed by atoms with van der Waals surface area (Å²) in [7, 11) is 3.37. The molecule has 2 N–H and O–H groups in total. The molecule has 0 aromatic heterocycles. The Labute approximate surface area is 108 Å². The number of carboxylic acid groups (broad SMARTS) is 1. The standard InChI is InChI=1S/C14H21NO3/c1-8-6-9(2)12(11(7-8)18-5)13(15-4)10(3)14(16)17/h6-7,10,13,15H,1-5H3,(H,16,17). The second-order valence-electron chi connectivity index (χ2n) is 4.59. The van der Waals surface area contributed by atoms with E-state index in [1.807, 2.05) is 26.0 Å². The van der Waals surface area contributed by atoms with E-state index in [1.165, 1.54) is 0 Å². The number of aryl methyl sites for hydroxylation is 2. The largest absolute Gasteiger partial charge is 0.496 e. The zero-order valence-corrected chi connectivity index (χ0v) is 11.6. The molecule has 0 radical (unpaired) electrons. The van der Waals surface area contributed by atoms with Gasteiger partial charge in [-0.25, -0.2) is 0 Å². The number of carbonyl (C=O) groups is 1. The number of methoxy groups -OCH3 is 1. The van der Waals surface area contributed by atoms with E-state index in [4.69, 9.17) is 4.74 Å². The molecule has 0 aliphatic heterocycles. The van der Waals surface area contributed by atoms with Crippen LogP contribution < -0.4 is 10.1 Å². The van der Waals surface area contributed by atoms with Crippen LogP contribution in [0.1, 0.15) is 29.7 Å². The number of aliphatic carboxylic acids is 1. The Kier molecular flexibility index (Phi) is 4.73. The first-order valence-electron chi connectivity index (χ1n) is 5.97. The van der Waals surface area contributed by atoms with Gasteiger partial charge in [0.2, 0.25) is 0 Å². The number of hydrogen-bond donors (Lipinski definition) is 2. The topological polar surface area (TPSA) is 58.6 Å².